The molecule has 1 unspecified atom stereocenters. The zero-order chi connectivity index (χ0) is 11.4. The number of ether oxygens (including phenoxy) is 1. The summed E-state index contributed by atoms with van der Waals surface area (Å²) in [6.07, 6.45) is 0. The number of hydrogen-bond donors (Lipinski definition) is 4. The molecule has 1 aromatic rings. The Hall–Kier alpha value is -1.31. The summed E-state index contributed by atoms with van der Waals surface area (Å²) in [4.78, 5) is 0. The van der Waals surface area contributed by atoms with Crippen LogP contribution in [0.1, 0.15) is 5.56 Å². The van der Waals surface area contributed by atoms with Crippen LogP contribution in [0.3, 0.4) is 0 Å². The maximum Gasteiger partial charge on any atom is 0.259 e. The van der Waals surface area contributed by atoms with Crippen molar-refractivity contribution in [1.82, 2.24) is 0 Å². The molecule has 0 saturated heterocycles. The number of nitrogens with one attached hydrogen (secondary N) is 1. The Morgan fingerprint density at radius 3 is 2.67 bits per heavy atom. The molecule has 0 aliphatic heterocycles. The molecule has 0 radical (unpaired) electrons. The molecular weight excluding hydrogens is 222 g/mol. The smallest absolute Gasteiger partial charge is 0.259 e. The lowest BCUT2D eigenvalue weighted by Gasteiger charge is -2.10. The van der Waals surface area contributed by atoms with Crippen molar-refractivity contribution in [2.75, 3.05) is 11.8 Å². The van der Waals surface area contributed by atoms with Gasteiger partial charge in [0.1, 0.15) is 0 Å². The Morgan fingerprint density at radius 2 is 2.20 bits per heavy atom. The summed E-state index contributed by atoms with van der Waals surface area (Å²) in [6, 6.07) is 2.70. The monoisotopic (exact) mass is 233 g/mol. The van der Waals surface area contributed by atoms with Crippen LogP contribution in [-0.2, 0) is 17.9 Å². The van der Waals surface area contributed by atoms with E-state index in [0.29, 0.717) is 0 Å². The second kappa shape index (κ2) is 4.96. The van der Waals surface area contributed by atoms with E-state index in [1.807, 2.05) is 0 Å². The highest BCUT2D eigenvalue weighted by Crippen LogP contribution is 2.33. The molecule has 0 saturated carbocycles. The van der Waals surface area contributed by atoms with Crippen molar-refractivity contribution in [3.8, 4) is 11.5 Å². The van der Waals surface area contributed by atoms with E-state index in [4.69, 9.17) is 14.4 Å². The van der Waals surface area contributed by atoms with E-state index < -0.39 is 17.9 Å². The topological polar surface area (TPSA) is 99.0 Å². The molecule has 0 aliphatic rings. The van der Waals surface area contributed by atoms with Gasteiger partial charge >= 0.3 is 0 Å². The fourth-order valence-electron chi connectivity index (χ4n) is 1.10. The van der Waals surface area contributed by atoms with Crippen molar-refractivity contribution in [2.24, 2.45) is 0 Å². The Kier molecular flexibility index (Phi) is 3.89. The van der Waals surface area contributed by atoms with Crippen LogP contribution in [0.15, 0.2) is 12.1 Å². The number of aliphatic hydroxyl groups is 1. The van der Waals surface area contributed by atoms with Crippen LogP contribution in [0.5, 0.6) is 11.5 Å². The second-order valence-corrected chi connectivity index (χ2v) is 3.40. The standard InChI is InChI=1S/C8H11NO5S/c1-14-7-3-6(9-15(12)13)2-5(4-10)8(7)11/h2-3,9-11H,4H2,1H3,(H,12,13). The third-order valence-corrected chi connectivity index (χ3v) is 2.16. The first-order valence-corrected chi connectivity index (χ1v) is 5.07. The molecule has 7 heteroatoms. The van der Waals surface area contributed by atoms with Gasteiger partial charge < -0.3 is 14.9 Å². The summed E-state index contributed by atoms with van der Waals surface area (Å²) in [6.45, 7) is -0.393. The molecular formula is C8H11NO5S. The summed E-state index contributed by atoms with van der Waals surface area (Å²) in [5.41, 5.74) is 0.483. The summed E-state index contributed by atoms with van der Waals surface area (Å²) < 4.78 is 26.1. The Balaban J connectivity index is 3.14. The molecule has 0 amide bonds. The van der Waals surface area contributed by atoms with Gasteiger partial charge in [-0.25, -0.2) is 4.21 Å². The van der Waals surface area contributed by atoms with Gasteiger partial charge in [-0.05, 0) is 6.07 Å². The second-order valence-electron chi connectivity index (χ2n) is 2.70. The zero-order valence-electron chi connectivity index (χ0n) is 7.93. The molecule has 0 aromatic heterocycles. The molecule has 1 aromatic carbocycles. The van der Waals surface area contributed by atoms with Crippen molar-refractivity contribution in [2.45, 2.75) is 6.61 Å². The SMILES string of the molecule is COc1cc(NS(=O)O)cc(CO)c1O. The first kappa shape index (κ1) is 11.8. The summed E-state index contributed by atoms with van der Waals surface area (Å²) in [7, 11) is 1.34. The van der Waals surface area contributed by atoms with E-state index in [0.717, 1.165) is 0 Å². The minimum absolute atomic E-state index is 0.120. The van der Waals surface area contributed by atoms with Gasteiger partial charge in [0.15, 0.2) is 11.5 Å². The zero-order valence-corrected chi connectivity index (χ0v) is 8.74. The highest BCUT2D eigenvalue weighted by atomic mass is 32.2. The first-order valence-electron chi connectivity index (χ1n) is 3.96. The number of phenols is 1. The van der Waals surface area contributed by atoms with Crippen LogP contribution in [0.25, 0.3) is 0 Å². The van der Waals surface area contributed by atoms with Crippen LogP contribution < -0.4 is 9.46 Å². The molecule has 0 heterocycles. The minimum atomic E-state index is -2.21. The highest BCUT2D eigenvalue weighted by molar-refractivity contribution is 7.80. The average molecular weight is 233 g/mol. The molecule has 0 spiro atoms. The number of hydrogen-bond acceptors (Lipinski definition) is 4. The van der Waals surface area contributed by atoms with Gasteiger partial charge in [0, 0.05) is 11.6 Å². The van der Waals surface area contributed by atoms with E-state index in [-0.39, 0.29) is 22.7 Å². The quantitative estimate of drug-likeness (QED) is 0.447. The predicted octanol–water partition coefficient (Wildman–Crippen LogP) is 0.442. The van der Waals surface area contributed by atoms with Gasteiger partial charge in [-0.3, -0.25) is 9.27 Å². The summed E-state index contributed by atoms with van der Waals surface area (Å²) >= 11 is -2.21. The van der Waals surface area contributed by atoms with Crippen LogP contribution in [0.2, 0.25) is 0 Å². The number of aliphatic hydroxyl groups excluding tert-OH is 1. The van der Waals surface area contributed by atoms with Gasteiger partial charge in [0.25, 0.3) is 11.3 Å². The molecule has 0 fully saturated rings. The van der Waals surface area contributed by atoms with Crippen LogP contribution in [0, 0.1) is 0 Å². The van der Waals surface area contributed by atoms with Gasteiger partial charge in [0.05, 0.1) is 19.4 Å². The molecule has 1 rings (SSSR count). The normalized spacial score (nSPS) is 12.2. The van der Waals surface area contributed by atoms with Gasteiger partial charge in [0.2, 0.25) is 0 Å². The van der Waals surface area contributed by atoms with Crippen LogP contribution in [-0.4, -0.2) is 26.1 Å². The number of methoxy groups -OCH3 is 1. The maximum absolute atomic E-state index is 10.5. The van der Waals surface area contributed by atoms with Crippen LogP contribution in [0.4, 0.5) is 5.69 Å². The average Bonchev–Trinajstić information content (AvgIpc) is 2.19. The van der Waals surface area contributed by atoms with Gasteiger partial charge in [-0.2, -0.15) is 0 Å². The lowest BCUT2D eigenvalue weighted by Crippen LogP contribution is -2.03. The summed E-state index contributed by atoms with van der Waals surface area (Å²) in [5, 5.41) is 18.4. The van der Waals surface area contributed by atoms with Crippen molar-refractivity contribution in [1.29, 1.82) is 0 Å². The number of rotatable bonds is 4. The van der Waals surface area contributed by atoms with Gasteiger partial charge in [-0.1, -0.05) is 0 Å². The third-order valence-electron chi connectivity index (χ3n) is 1.75. The molecule has 4 N–H and O–H groups in total. The number of anilines is 1. The lowest BCUT2D eigenvalue weighted by molar-refractivity contribution is 0.272. The maximum atomic E-state index is 10.5. The van der Waals surface area contributed by atoms with Gasteiger partial charge in [-0.15, -0.1) is 0 Å². The minimum Gasteiger partial charge on any atom is -0.504 e. The van der Waals surface area contributed by atoms with E-state index >= 15 is 0 Å². The summed E-state index contributed by atoms with van der Waals surface area (Å²) in [5.74, 6) is -0.0660. The Labute approximate surface area is 88.9 Å². The van der Waals surface area contributed by atoms with Crippen molar-refractivity contribution >= 4 is 17.0 Å². The lowest BCUT2D eigenvalue weighted by atomic mass is 10.1. The van der Waals surface area contributed by atoms with Crippen molar-refractivity contribution in [3.05, 3.63) is 17.7 Å². The molecule has 1 atom stereocenters. The first-order chi connectivity index (χ1) is 7.08. The van der Waals surface area contributed by atoms with E-state index in [2.05, 4.69) is 4.72 Å². The molecule has 15 heavy (non-hydrogen) atoms. The largest absolute Gasteiger partial charge is 0.504 e. The highest BCUT2D eigenvalue weighted by Gasteiger charge is 2.10. The van der Waals surface area contributed by atoms with Crippen molar-refractivity contribution < 1.29 is 23.7 Å². The Bertz CT molecular complexity index is 356. The Morgan fingerprint density at radius 1 is 1.53 bits per heavy atom. The van der Waals surface area contributed by atoms with E-state index in [9.17, 15) is 9.32 Å². The fraction of sp³-hybridized carbons (Fsp3) is 0.250. The number of benzene rings is 1. The predicted molar refractivity (Wildman–Crippen MR) is 55.0 cm³/mol. The molecule has 0 bridgehead atoms. The molecule has 6 nitrogen and oxygen atoms in total. The fourth-order valence-corrected chi connectivity index (χ4v) is 1.42. The van der Waals surface area contributed by atoms with Crippen LogP contribution >= 0.6 is 0 Å². The third kappa shape index (κ3) is 2.82. The number of aromatic hydroxyl groups is 1. The van der Waals surface area contributed by atoms with E-state index in [1.165, 1.54) is 19.2 Å². The molecule has 84 valence electrons. The molecule has 0 aliphatic carbocycles. The van der Waals surface area contributed by atoms with Crippen molar-refractivity contribution in [3.63, 3.8) is 0 Å². The van der Waals surface area contributed by atoms with E-state index in [1.54, 1.807) is 0 Å².